The molecule has 2 aromatic rings. The highest BCUT2D eigenvalue weighted by Gasteiger charge is 2.05. The Bertz CT molecular complexity index is 502. The van der Waals surface area contributed by atoms with Gasteiger partial charge in [-0.25, -0.2) is 0 Å². The van der Waals surface area contributed by atoms with Crippen molar-refractivity contribution in [1.82, 2.24) is 4.98 Å². The fourth-order valence-electron chi connectivity index (χ4n) is 1.66. The minimum absolute atomic E-state index is 0.685. The third-order valence-electron chi connectivity index (χ3n) is 2.54. The molecular formula is C13H15BrN2O. The summed E-state index contributed by atoms with van der Waals surface area (Å²) in [5.74, 6) is 0.834. The minimum Gasteiger partial charge on any atom is -0.491 e. The summed E-state index contributed by atoms with van der Waals surface area (Å²) in [6.07, 6.45) is 3.74. The van der Waals surface area contributed by atoms with Crippen LogP contribution in [0.4, 0.5) is 0 Å². The van der Waals surface area contributed by atoms with Gasteiger partial charge in [0.15, 0.2) is 0 Å². The summed E-state index contributed by atoms with van der Waals surface area (Å²) >= 11 is 3.51. The summed E-state index contributed by atoms with van der Waals surface area (Å²) in [7, 11) is 0. The van der Waals surface area contributed by atoms with Crippen LogP contribution in [0.1, 0.15) is 12.8 Å². The summed E-state index contributed by atoms with van der Waals surface area (Å²) < 4.78 is 6.77. The second-order valence-electron chi connectivity index (χ2n) is 3.79. The lowest BCUT2D eigenvalue weighted by molar-refractivity contribution is 0.311. The van der Waals surface area contributed by atoms with Gasteiger partial charge in [0.25, 0.3) is 0 Å². The van der Waals surface area contributed by atoms with Crippen LogP contribution in [-0.2, 0) is 0 Å². The molecule has 1 aromatic carbocycles. The van der Waals surface area contributed by atoms with Gasteiger partial charge in [0.2, 0.25) is 0 Å². The Balaban J connectivity index is 2.20. The summed E-state index contributed by atoms with van der Waals surface area (Å²) in [6.45, 7) is 1.40. The average molecular weight is 295 g/mol. The molecule has 0 aliphatic heterocycles. The Morgan fingerprint density at radius 2 is 2.12 bits per heavy atom. The molecule has 0 aliphatic carbocycles. The van der Waals surface area contributed by atoms with Crippen LogP contribution in [0.5, 0.6) is 5.75 Å². The Morgan fingerprint density at radius 1 is 1.24 bits per heavy atom. The van der Waals surface area contributed by atoms with E-state index in [0.29, 0.717) is 13.2 Å². The maximum atomic E-state index is 5.74. The largest absolute Gasteiger partial charge is 0.491 e. The first kappa shape index (κ1) is 12.3. The van der Waals surface area contributed by atoms with Crippen LogP contribution in [0.3, 0.4) is 0 Å². The van der Waals surface area contributed by atoms with Crippen molar-refractivity contribution in [2.75, 3.05) is 13.2 Å². The third kappa shape index (κ3) is 2.96. The second-order valence-corrected chi connectivity index (χ2v) is 4.64. The van der Waals surface area contributed by atoms with Crippen LogP contribution >= 0.6 is 15.9 Å². The molecule has 0 spiro atoms. The van der Waals surface area contributed by atoms with Gasteiger partial charge in [-0.05, 0) is 37.6 Å². The lowest BCUT2D eigenvalue weighted by Gasteiger charge is -2.09. The maximum absolute atomic E-state index is 5.74. The van der Waals surface area contributed by atoms with Crippen molar-refractivity contribution < 1.29 is 4.74 Å². The molecule has 0 aliphatic rings. The van der Waals surface area contributed by atoms with E-state index in [2.05, 4.69) is 20.9 Å². The van der Waals surface area contributed by atoms with Crippen molar-refractivity contribution in [3.8, 4) is 5.75 Å². The number of nitrogens with zero attached hydrogens (tertiary/aromatic N) is 1. The number of unbranched alkanes of at least 4 members (excludes halogenated alkanes) is 1. The average Bonchev–Trinajstić information content (AvgIpc) is 2.37. The van der Waals surface area contributed by atoms with E-state index >= 15 is 0 Å². The number of hydrogen-bond acceptors (Lipinski definition) is 3. The Hall–Kier alpha value is -1.13. The van der Waals surface area contributed by atoms with Gasteiger partial charge in [-0.15, -0.1) is 0 Å². The number of pyridine rings is 1. The fraction of sp³-hybridized carbons (Fsp3) is 0.308. The normalized spacial score (nSPS) is 10.7. The number of nitrogens with two attached hydrogens (primary N) is 1. The van der Waals surface area contributed by atoms with Gasteiger partial charge >= 0.3 is 0 Å². The van der Waals surface area contributed by atoms with Gasteiger partial charge < -0.3 is 10.5 Å². The van der Waals surface area contributed by atoms with Crippen LogP contribution in [0, 0.1) is 0 Å². The molecule has 2 rings (SSSR count). The van der Waals surface area contributed by atoms with Crippen molar-refractivity contribution in [2.45, 2.75) is 12.8 Å². The van der Waals surface area contributed by atoms with E-state index in [1.165, 1.54) is 0 Å². The summed E-state index contributed by atoms with van der Waals surface area (Å²) in [4.78, 5) is 4.36. The Morgan fingerprint density at radius 3 is 2.94 bits per heavy atom. The predicted molar refractivity (Wildman–Crippen MR) is 73.2 cm³/mol. The molecule has 0 fully saturated rings. The van der Waals surface area contributed by atoms with Crippen molar-refractivity contribution in [3.63, 3.8) is 0 Å². The zero-order chi connectivity index (χ0) is 12.1. The molecule has 17 heavy (non-hydrogen) atoms. The third-order valence-corrected chi connectivity index (χ3v) is 3.23. The van der Waals surface area contributed by atoms with E-state index < -0.39 is 0 Å². The van der Waals surface area contributed by atoms with Gasteiger partial charge in [-0.1, -0.05) is 22.0 Å². The molecule has 90 valence electrons. The number of rotatable bonds is 5. The van der Waals surface area contributed by atoms with E-state index in [1.54, 1.807) is 6.20 Å². The van der Waals surface area contributed by atoms with Gasteiger partial charge in [0, 0.05) is 16.1 Å². The lowest BCUT2D eigenvalue weighted by Crippen LogP contribution is -2.03. The fourth-order valence-corrected chi connectivity index (χ4v) is 2.11. The van der Waals surface area contributed by atoms with Crippen LogP contribution in [0.15, 0.2) is 34.9 Å². The van der Waals surface area contributed by atoms with Crippen LogP contribution in [0.25, 0.3) is 10.9 Å². The first-order valence-corrected chi connectivity index (χ1v) is 6.48. The van der Waals surface area contributed by atoms with Crippen LogP contribution in [0.2, 0.25) is 0 Å². The van der Waals surface area contributed by atoms with E-state index in [9.17, 15) is 0 Å². The molecule has 1 aromatic heterocycles. The number of aromatic nitrogens is 1. The molecule has 0 unspecified atom stereocenters. The van der Waals surface area contributed by atoms with Crippen LogP contribution in [-0.4, -0.2) is 18.1 Å². The smallest absolute Gasteiger partial charge is 0.145 e. The first-order chi connectivity index (χ1) is 8.33. The molecule has 0 saturated heterocycles. The number of benzene rings is 1. The van der Waals surface area contributed by atoms with Gasteiger partial charge in [-0.2, -0.15) is 0 Å². The van der Waals surface area contributed by atoms with Gasteiger partial charge in [0.05, 0.1) is 6.61 Å². The van der Waals surface area contributed by atoms with E-state index in [-0.39, 0.29) is 0 Å². The number of halogens is 1. The maximum Gasteiger partial charge on any atom is 0.145 e. The molecule has 2 N–H and O–H groups in total. The van der Waals surface area contributed by atoms with E-state index in [1.807, 2.05) is 24.3 Å². The molecule has 3 nitrogen and oxygen atoms in total. The second kappa shape index (κ2) is 5.98. The molecule has 0 bridgehead atoms. The molecule has 1 heterocycles. The molecular weight excluding hydrogens is 280 g/mol. The van der Waals surface area contributed by atoms with Crippen molar-refractivity contribution in [3.05, 3.63) is 34.9 Å². The van der Waals surface area contributed by atoms with Gasteiger partial charge in [-0.3, -0.25) is 4.98 Å². The summed E-state index contributed by atoms with van der Waals surface area (Å²) in [6, 6.07) is 7.88. The summed E-state index contributed by atoms with van der Waals surface area (Å²) in [5.41, 5.74) is 6.34. The first-order valence-electron chi connectivity index (χ1n) is 5.69. The van der Waals surface area contributed by atoms with Crippen molar-refractivity contribution in [2.24, 2.45) is 5.73 Å². The quantitative estimate of drug-likeness (QED) is 0.862. The monoisotopic (exact) mass is 294 g/mol. The van der Waals surface area contributed by atoms with E-state index in [4.69, 9.17) is 10.5 Å². The standard InChI is InChI=1S/C13H15BrN2O/c14-11-5-6-12(17-9-2-1-7-15)13-10(11)4-3-8-16-13/h3-6,8H,1-2,7,9,15H2. The van der Waals surface area contributed by atoms with E-state index in [0.717, 1.165) is 34.0 Å². The topological polar surface area (TPSA) is 48.1 Å². The Labute approximate surface area is 109 Å². The highest BCUT2D eigenvalue weighted by Crippen LogP contribution is 2.29. The number of hydrogen-bond donors (Lipinski definition) is 1. The van der Waals surface area contributed by atoms with Gasteiger partial charge in [0.1, 0.15) is 11.3 Å². The summed E-state index contributed by atoms with van der Waals surface area (Å²) in [5, 5.41) is 1.07. The zero-order valence-electron chi connectivity index (χ0n) is 9.53. The predicted octanol–water partition coefficient (Wildman–Crippen LogP) is 3.12. The molecule has 0 atom stereocenters. The molecule has 4 heteroatoms. The zero-order valence-corrected chi connectivity index (χ0v) is 11.1. The lowest BCUT2D eigenvalue weighted by atomic mass is 10.2. The SMILES string of the molecule is NCCCCOc1ccc(Br)c2cccnc12. The highest BCUT2D eigenvalue weighted by atomic mass is 79.9. The molecule has 0 amide bonds. The van der Waals surface area contributed by atoms with Crippen LogP contribution < -0.4 is 10.5 Å². The molecule has 0 radical (unpaired) electrons. The number of ether oxygens (including phenoxy) is 1. The Kier molecular flexibility index (Phi) is 4.34. The molecule has 0 saturated carbocycles. The highest BCUT2D eigenvalue weighted by molar-refractivity contribution is 9.10. The van der Waals surface area contributed by atoms with Crippen molar-refractivity contribution in [1.29, 1.82) is 0 Å². The number of fused-ring (bicyclic) bond motifs is 1. The van der Waals surface area contributed by atoms with Crippen molar-refractivity contribution >= 4 is 26.8 Å². The minimum atomic E-state index is 0.685.